The van der Waals surface area contributed by atoms with Gasteiger partial charge in [-0.05, 0) is 36.2 Å². The minimum absolute atomic E-state index is 0.0453. The van der Waals surface area contributed by atoms with Crippen LogP contribution in [0.2, 0.25) is 0 Å². The second kappa shape index (κ2) is 8.26. The van der Waals surface area contributed by atoms with E-state index in [1.54, 1.807) is 48.7 Å². The molecule has 7 heteroatoms. The van der Waals surface area contributed by atoms with Crippen molar-refractivity contribution in [1.82, 2.24) is 0 Å². The predicted molar refractivity (Wildman–Crippen MR) is 94.3 cm³/mol. The molecule has 2 aromatic carbocycles. The number of benzene rings is 2. The first-order valence-corrected chi connectivity index (χ1v) is 7.20. The molecule has 120 valence electrons. The Morgan fingerprint density at radius 2 is 1.92 bits per heavy atom. The molecule has 0 N–H and O–H groups in total. The largest absolute Gasteiger partial charge is 0.285 e. The van der Waals surface area contributed by atoms with Gasteiger partial charge in [-0.3, -0.25) is 15.1 Å². The van der Waals surface area contributed by atoms with Crippen LogP contribution in [-0.2, 0) is 0 Å². The molecular weight excluding hydrogens is 306 g/mol. The summed E-state index contributed by atoms with van der Waals surface area (Å²) >= 11 is 0. The summed E-state index contributed by atoms with van der Waals surface area (Å²) in [6.45, 7) is 1.88. The molecular formula is C17H15N5O2. The predicted octanol–water partition coefficient (Wildman–Crippen LogP) is 5.38. The molecule has 0 aliphatic heterocycles. The number of nitro groups is 1. The number of azide groups is 1. The van der Waals surface area contributed by atoms with E-state index < -0.39 is 4.92 Å². The van der Waals surface area contributed by atoms with Crippen LogP contribution in [0.15, 0.2) is 64.7 Å². The molecule has 0 saturated heterocycles. The summed E-state index contributed by atoms with van der Waals surface area (Å²) in [4.78, 5) is 17.7. The first kappa shape index (κ1) is 16.9. The second-order valence-electron chi connectivity index (χ2n) is 4.90. The molecule has 0 aromatic heterocycles. The average molecular weight is 321 g/mol. The standard InChI is InChI=1S/C17H15N5O2/c1-13(15-9-3-4-10-16(15)20-21-18)19-12-6-8-14-7-2-5-11-17(14)22(23)24/h2-13H,1H3/b8-6+,19-12?. The molecule has 0 heterocycles. The zero-order valence-corrected chi connectivity index (χ0v) is 13.0. The highest BCUT2D eigenvalue weighted by atomic mass is 16.6. The zero-order chi connectivity index (χ0) is 17.4. The zero-order valence-electron chi connectivity index (χ0n) is 13.0. The van der Waals surface area contributed by atoms with Crippen molar-refractivity contribution in [1.29, 1.82) is 0 Å². The van der Waals surface area contributed by atoms with Crippen LogP contribution < -0.4 is 0 Å². The summed E-state index contributed by atoms with van der Waals surface area (Å²) in [7, 11) is 0. The molecule has 7 nitrogen and oxygen atoms in total. The van der Waals surface area contributed by atoms with E-state index in [1.165, 1.54) is 6.07 Å². The van der Waals surface area contributed by atoms with Crippen molar-refractivity contribution < 1.29 is 4.92 Å². The van der Waals surface area contributed by atoms with Gasteiger partial charge in [0.25, 0.3) is 5.69 Å². The third kappa shape index (κ3) is 4.28. The minimum atomic E-state index is -0.421. The molecule has 1 unspecified atom stereocenters. The Morgan fingerprint density at radius 1 is 1.21 bits per heavy atom. The van der Waals surface area contributed by atoms with Gasteiger partial charge in [-0.1, -0.05) is 41.5 Å². The summed E-state index contributed by atoms with van der Waals surface area (Å²) in [6.07, 6.45) is 4.86. The summed E-state index contributed by atoms with van der Waals surface area (Å²) in [5, 5.41) is 14.6. The molecule has 0 spiro atoms. The van der Waals surface area contributed by atoms with Gasteiger partial charge in [0, 0.05) is 22.9 Å². The molecule has 0 amide bonds. The number of hydrogen-bond donors (Lipinski definition) is 0. The van der Waals surface area contributed by atoms with Gasteiger partial charge in [-0.2, -0.15) is 0 Å². The van der Waals surface area contributed by atoms with Gasteiger partial charge in [0.2, 0.25) is 0 Å². The fraction of sp³-hybridized carbons (Fsp3) is 0.118. The first-order valence-electron chi connectivity index (χ1n) is 7.20. The molecule has 0 saturated carbocycles. The van der Waals surface area contributed by atoms with E-state index in [1.807, 2.05) is 19.1 Å². The van der Waals surface area contributed by atoms with Gasteiger partial charge in [-0.15, -0.1) is 0 Å². The summed E-state index contributed by atoms with van der Waals surface area (Å²) in [6, 6.07) is 13.5. The van der Waals surface area contributed by atoms with E-state index in [-0.39, 0.29) is 11.7 Å². The first-order chi connectivity index (χ1) is 11.6. The molecule has 0 aliphatic rings. The number of allylic oxidation sites excluding steroid dienone is 1. The van der Waals surface area contributed by atoms with Crippen molar-refractivity contribution in [2.24, 2.45) is 10.1 Å². The monoisotopic (exact) mass is 321 g/mol. The van der Waals surface area contributed by atoms with E-state index in [2.05, 4.69) is 15.0 Å². The minimum Gasteiger partial charge on any atom is -0.285 e. The van der Waals surface area contributed by atoms with Gasteiger partial charge in [-0.25, -0.2) is 0 Å². The summed E-state index contributed by atoms with van der Waals surface area (Å²) < 4.78 is 0. The lowest BCUT2D eigenvalue weighted by Gasteiger charge is -2.08. The smallest absolute Gasteiger partial charge is 0.276 e. The summed E-state index contributed by atoms with van der Waals surface area (Å²) in [5.41, 5.74) is 10.5. The van der Waals surface area contributed by atoms with Crippen LogP contribution in [0.1, 0.15) is 24.1 Å². The number of nitrogens with zero attached hydrogens (tertiary/aromatic N) is 5. The van der Waals surface area contributed by atoms with Crippen molar-refractivity contribution >= 4 is 23.7 Å². The van der Waals surface area contributed by atoms with Gasteiger partial charge >= 0.3 is 0 Å². The van der Waals surface area contributed by atoms with Crippen LogP contribution >= 0.6 is 0 Å². The Bertz CT molecular complexity index is 838. The van der Waals surface area contributed by atoms with Crippen molar-refractivity contribution in [3.63, 3.8) is 0 Å². The Kier molecular flexibility index (Phi) is 5.82. The summed E-state index contributed by atoms with van der Waals surface area (Å²) in [5.74, 6) is 0. The fourth-order valence-electron chi connectivity index (χ4n) is 2.18. The Morgan fingerprint density at radius 3 is 2.67 bits per heavy atom. The number of nitro benzene ring substituents is 1. The van der Waals surface area contributed by atoms with Crippen LogP contribution in [0, 0.1) is 10.1 Å². The van der Waals surface area contributed by atoms with E-state index in [0.29, 0.717) is 11.3 Å². The van der Waals surface area contributed by atoms with Crippen LogP contribution in [0.4, 0.5) is 11.4 Å². The highest BCUT2D eigenvalue weighted by Gasteiger charge is 2.09. The van der Waals surface area contributed by atoms with Crippen molar-refractivity contribution in [2.75, 3.05) is 0 Å². The molecule has 0 radical (unpaired) electrons. The lowest BCUT2D eigenvalue weighted by molar-refractivity contribution is -0.385. The van der Waals surface area contributed by atoms with Gasteiger partial charge < -0.3 is 0 Å². The highest BCUT2D eigenvalue weighted by molar-refractivity contribution is 5.80. The third-order valence-corrected chi connectivity index (χ3v) is 3.34. The molecule has 2 aromatic rings. The van der Waals surface area contributed by atoms with Gasteiger partial charge in [0.15, 0.2) is 0 Å². The Labute approximate surface area is 138 Å². The number of hydrogen-bond acceptors (Lipinski definition) is 4. The van der Waals surface area contributed by atoms with Crippen LogP contribution in [0.25, 0.3) is 16.5 Å². The topological polar surface area (TPSA) is 104 Å². The molecule has 2 rings (SSSR count). The van der Waals surface area contributed by atoms with E-state index in [4.69, 9.17) is 5.53 Å². The molecule has 0 bridgehead atoms. The maximum absolute atomic E-state index is 10.9. The SMILES string of the molecule is CC(N=C/C=C/c1ccccc1[N+](=O)[O-])c1ccccc1N=[N+]=[N-]. The highest BCUT2D eigenvalue weighted by Crippen LogP contribution is 2.27. The quantitative estimate of drug-likeness (QED) is 0.178. The number of rotatable bonds is 6. The maximum atomic E-state index is 10.9. The van der Waals surface area contributed by atoms with E-state index in [9.17, 15) is 10.1 Å². The van der Waals surface area contributed by atoms with Gasteiger partial charge in [0.05, 0.1) is 16.5 Å². The average Bonchev–Trinajstić information content (AvgIpc) is 2.59. The number of para-hydroxylation sites is 1. The fourth-order valence-corrected chi connectivity index (χ4v) is 2.18. The molecule has 1 atom stereocenters. The van der Waals surface area contributed by atoms with Crippen LogP contribution in [0.3, 0.4) is 0 Å². The lowest BCUT2D eigenvalue weighted by Crippen LogP contribution is -1.91. The van der Waals surface area contributed by atoms with Crippen molar-refractivity contribution in [2.45, 2.75) is 13.0 Å². The molecule has 0 aliphatic carbocycles. The molecule has 24 heavy (non-hydrogen) atoms. The van der Waals surface area contributed by atoms with Crippen LogP contribution in [-0.4, -0.2) is 11.1 Å². The van der Waals surface area contributed by atoms with Crippen molar-refractivity contribution in [3.8, 4) is 0 Å². The normalized spacial score (nSPS) is 12.2. The third-order valence-electron chi connectivity index (χ3n) is 3.34. The lowest BCUT2D eigenvalue weighted by atomic mass is 10.1. The van der Waals surface area contributed by atoms with E-state index >= 15 is 0 Å². The Hall–Kier alpha value is -3.44. The Balaban J connectivity index is 2.15. The van der Waals surface area contributed by atoms with Gasteiger partial charge in [0.1, 0.15) is 0 Å². The second-order valence-corrected chi connectivity index (χ2v) is 4.90. The maximum Gasteiger partial charge on any atom is 0.276 e. The molecule has 0 fully saturated rings. The number of aliphatic imine (C=N–C) groups is 1. The van der Waals surface area contributed by atoms with Crippen LogP contribution in [0.5, 0.6) is 0 Å². The van der Waals surface area contributed by atoms with E-state index in [0.717, 1.165) is 5.56 Å². The van der Waals surface area contributed by atoms with Crippen molar-refractivity contribution in [3.05, 3.63) is 86.3 Å².